The third kappa shape index (κ3) is 5.25. The van der Waals surface area contributed by atoms with Gasteiger partial charge in [0, 0.05) is 18.7 Å². The molecule has 0 aliphatic carbocycles. The Labute approximate surface area is 154 Å². The summed E-state index contributed by atoms with van der Waals surface area (Å²) in [4.78, 5) is 24.3. The van der Waals surface area contributed by atoms with E-state index in [0.29, 0.717) is 12.2 Å². The van der Waals surface area contributed by atoms with Gasteiger partial charge < -0.3 is 15.8 Å². The maximum atomic E-state index is 12.4. The lowest BCUT2D eigenvalue weighted by atomic mass is 10.0. The minimum atomic E-state index is -0.740. The van der Waals surface area contributed by atoms with Crippen LogP contribution in [-0.2, 0) is 16.0 Å². The highest BCUT2D eigenvalue weighted by Gasteiger charge is 2.19. The minimum absolute atomic E-state index is 0.0412. The Bertz CT molecular complexity index is 724. The van der Waals surface area contributed by atoms with Crippen LogP contribution in [0, 0.1) is 0 Å². The fourth-order valence-electron chi connectivity index (χ4n) is 2.56. The van der Waals surface area contributed by atoms with Crippen molar-refractivity contribution in [1.82, 2.24) is 5.32 Å². The number of ketones is 1. The molecule has 1 amide bonds. The first-order valence-electron chi connectivity index (χ1n) is 8.89. The summed E-state index contributed by atoms with van der Waals surface area (Å²) < 4.78 is 5.09. The number of carbonyl (C=O) groups is 2. The van der Waals surface area contributed by atoms with Gasteiger partial charge in [-0.15, -0.1) is 0 Å². The molecule has 0 fully saturated rings. The Hall–Kier alpha value is -2.50. The molecule has 2 aromatic rings. The average molecular weight is 354 g/mol. The largest absolute Gasteiger partial charge is 0.374 e. The zero-order chi connectivity index (χ0) is 18.9. The van der Waals surface area contributed by atoms with Crippen molar-refractivity contribution < 1.29 is 14.3 Å². The van der Waals surface area contributed by atoms with Crippen LogP contribution in [0.25, 0.3) is 11.1 Å². The number of ether oxygens (including phenoxy) is 1. The van der Waals surface area contributed by atoms with Gasteiger partial charge in [0.15, 0.2) is 5.78 Å². The molecule has 5 heteroatoms. The van der Waals surface area contributed by atoms with Crippen LogP contribution in [0.3, 0.4) is 0 Å². The second kappa shape index (κ2) is 9.85. The van der Waals surface area contributed by atoms with E-state index in [9.17, 15) is 9.59 Å². The highest BCUT2D eigenvalue weighted by molar-refractivity contribution is 5.98. The smallest absolute Gasteiger partial charge is 0.251 e. The van der Waals surface area contributed by atoms with Crippen molar-refractivity contribution in [2.45, 2.75) is 26.3 Å². The fraction of sp³-hybridized carbons (Fsp3) is 0.333. The van der Waals surface area contributed by atoms with E-state index in [1.165, 1.54) is 5.56 Å². The van der Waals surface area contributed by atoms with Crippen molar-refractivity contribution in [3.05, 3.63) is 59.7 Å². The lowest BCUT2D eigenvalue weighted by Gasteiger charge is -2.16. The Kier molecular flexibility index (Phi) is 7.51. The summed E-state index contributed by atoms with van der Waals surface area (Å²) in [5.41, 5.74) is 9.51. The Morgan fingerprint density at radius 1 is 1.00 bits per heavy atom. The molecule has 2 aromatic carbocycles. The van der Waals surface area contributed by atoms with Crippen LogP contribution in [0.1, 0.15) is 29.8 Å². The maximum absolute atomic E-state index is 12.4. The van der Waals surface area contributed by atoms with Crippen LogP contribution in [0.15, 0.2) is 48.5 Å². The maximum Gasteiger partial charge on any atom is 0.251 e. The standard InChI is InChI=1S/C21H26N2O3/c1-3-15-5-7-16(8-6-15)17-9-11-18(12-10-17)21(25)23-19(13-22)20(24)14-26-4-2/h5-12,19H,3-4,13-14,22H2,1-2H3,(H,23,25). The molecule has 26 heavy (non-hydrogen) atoms. The highest BCUT2D eigenvalue weighted by atomic mass is 16.5. The Morgan fingerprint density at radius 3 is 2.08 bits per heavy atom. The van der Waals surface area contributed by atoms with E-state index in [1.54, 1.807) is 19.1 Å². The first-order chi connectivity index (χ1) is 12.6. The van der Waals surface area contributed by atoms with E-state index in [0.717, 1.165) is 17.5 Å². The quantitative estimate of drug-likeness (QED) is 0.725. The molecule has 5 nitrogen and oxygen atoms in total. The van der Waals surface area contributed by atoms with E-state index in [4.69, 9.17) is 10.5 Å². The predicted octanol–water partition coefficient (Wildman–Crippen LogP) is 2.58. The van der Waals surface area contributed by atoms with E-state index < -0.39 is 6.04 Å². The fourth-order valence-corrected chi connectivity index (χ4v) is 2.56. The lowest BCUT2D eigenvalue weighted by Crippen LogP contribution is -2.47. The number of benzene rings is 2. The molecule has 0 saturated carbocycles. The number of hydrogen-bond acceptors (Lipinski definition) is 4. The van der Waals surface area contributed by atoms with Crippen LogP contribution >= 0.6 is 0 Å². The molecule has 0 heterocycles. The van der Waals surface area contributed by atoms with Gasteiger partial charge in [0.05, 0.1) is 0 Å². The minimum Gasteiger partial charge on any atom is -0.374 e. The molecule has 138 valence electrons. The van der Waals surface area contributed by atoms with Gasteiger partial charge in [0.1, 0.15) is 12.6 Å². The average Bonchev–Trinajstić information content (AvgIpc) is 2.70. The van der Waals surface area contributed by atoms with E-state index >= 15 is 0 Å². The van der Waals surface area contributed by atoms with Gasteiger partial charge in [-0.25, -0.2) is 0 Å². The monoisotopic (exact) mass is 354 g/mol. The Morgan fingerprint density at radius 2 is 1.58 bits per heavy atom. The van der Waals surface area contributed by atoms with Gasteiger partial charge in [-0.1, -0.05) is 43.3 Å². The first-order valence-corrected chi connectivity index (χ1v) is 8.89. The molecule has 1 atom stereocenters. The second-order valence-electron chi connectivity index (χ2n) is 5.99. The molecule has 0 bridgehead atoms. The van der Waals surface area contributed by atoms with E-state index in [1.807, 2.05) is 12.1 Å². The zero-order valence-corrected chi connectivity index (χ0v) is 15.3. The van der Waals surface area contributed by atoms with Crippen LogP contribution in [-0.4, -0.2) is 37.5 Å². The van der Waals surface area contributed by atoms with Crippen molar-refractivity contribution in [2.75, 3.05) is 19.8 Å². The summed E-state index contributed by atoms with van der Waals surface area (Å²) >= 11 is 0. The molecule has 0 aromatic heterocycles. The first kappa shape index (κ1) is 19.8. The summed E-state index contributed by atoms with van der Waals surface area (Å²) in [6, 6.07) is 14.9. The summed E-state index contributed by atoms with van der Waals surface area (Å²) in [6.45, 7) is 4.36. The lowest BCUT2D eigenvalue weighted by molar-refractivity contribution is -0.125. The number of nitrogens with one attached hydrogen (secondary N) is 1. The molecular formula is C21H26N2O3. The highest BCUT2D eigenvalue weighted by Crippen LogP contribution is 2.20. The van der Waals surface area contributed by atoms with Crippen molar-refractivity contribution in [3.8, 4) is 11.1 Å². The molecule has 0 aliphatic rings. The number of rotatable bonds is 9. The van der Waals surface area contributed by atoms with Crippen LogP contribution < -0.4 is 11.1 Å². The van der Waals surface area contributed by atoms with E-state index in [-0.39, 0.29) is 24.8 Å². The number of Topliss-reactive ketones (excluding diaryl/α,β-unsaturated/α-hetero) is 1. The van der Waals surface area contributed by atoms with Crippen LogP contribution in [0.2, 0.25) is 0 Å². The predicted molar refractivity (Wildman–Crippen MR) is 103 cm³/mol. The van der Waals surface area contributed by atoms with Crippen molar-refractivity contribution >= 4 is 11.7 Å². The number of nitrogens with two attached hydrogens (primary N) is 1. The summed E-state index contributed by atoms with van der Waals surface area (Å²) in [5.74, 6) is -0.548. The molecule has 0 aliphatic heterocycles. The third-order valence-electron chi connectivity index (χ3n) is 4.22. The topological polar surface area (TPSA) is 81.4 Å². The number of amides is 1. The van der Waals surface area contributed by atoms with Gasteiger partial charge in [0.2, 0.25) is 0 Å². The van der Waals surface area contributed by atoms with Gasteiger partial charge >= 0.3 is 0 Å². The Balaban J connectivity index is 2.04. The van der Waals surface area contributed by atoms with Gasteiger partial charge in [-0.2, -0.15) is 0 Å². The number of hydrogen-bond donors (Lipinski definition) is 2. The summed E-state index contributed by atoms with van der Waals surface area (Å²) in [6.07, 6.45) is 1.00. The molecule has 0 spiro atoms. The molecule has 0 radical (unpaired) electrons. The number of aryl methyl sites for hydroxylation is 1. The van der Waals surface area contributed by atoms with Crippen molar-refractivity contribution in [2.24, 2.45) is 5.73 Å². The summed E-state index contributed by atoms with van der Waals surface area (Å²) in [5, 5.41) is 2.67. The SMILES string of the molecule is CCOCC(=O)C(CN)NC(=O)c1ccc(-c2ccc(CC)cc2)cc1. The van der Waals surface area contributed by atoms with Crippen molar-refractivity contribution in [1.29, 1.82) is 0 Å². The van der Waals surface area contributed by atoms with E-state index in [2.05, 4.69) is 36.5 Å². The third-order valence-corrected chi connectivity index (χ3v) is 4.22. The van der Waals surface area contributed by atoms with Gasteiger partial charge in [0.25, 0.3) is 5.91 Å². The van der Waals surface area contributed by atoms with Gasteiger partial charge in [-0.05, 0) is 42.2 Å². The zero-order valence-electron chi connectivity index (χ0n) is 15.3. The molecular weight excluding hydrogens is 328 g/mol. The van der Waals surface area contributed by atoms with Crippen LogP contribution in [0.4, 0.5) is 0 Å². The van der Waals surface area contributed by atoms with Crippen molar-refractivity contribution in [3.63, 3.8) is 0 Å². The number of carbonyl (C=O) groups excluding carboxylic acids is 2. The molecule has 1 unspecified atom stereocenters. The second-order valence-corrected chi connectivity index (χ2v) is 5.99. The normalized spacial score (nSPS) is 11.8. The van der Waals surface area contributed by atoms with Crippen LogP contribution in [0.5, 0.6) is 0 Å². The summed E-state index contributed by atoms with van der Waals surface area (Å²) in [7, 11) is 0. The molecule has 3 N–H and O–H groups in total. The van der Waals surface area contributed by atoms with Gasteiger partial charge in [-0.3, -0.25) is 9.59 Å². The molecule has 0 saturated heterocycles. The molecule has 2 rings (SSSR count).